The van der Waals surface area contributed by atoms with E-state index in [9.17, 15) is 4.79 Å². The molecule has 104 valence electrons. The van der Waals surface area contributed by atoms with Gasteiger partial charge < -0.3 is 16.0 Å². The van der Waals surface area contributed by atoms with Crippen molar-refractivity contribution in [2.75, 3.05) is 30.7 Å². The largest absolute Gasteiger partial charge is 0.383 e. The van der Waals surface area contributed by atoms with Crippen LogP contribution in [-0.2, 0) is 11.2 Å². The van der Waals surface area contributed by atoms with Crippen molar-refractivity contribution in [3.05, 3.63) is 11.9 Å². The van der Waals surface area contributed by atoms with E-state index in [1.54, 1.807) is 0 Å². The fraction of sp³-hybridized carbons (Fsp3) is 0.615. The Kier molecular flexibility index (Phi) is 4.54. The lowest BCUT2D eigenvalue weighted by atomic mass is 10.2. The Bertz CT molecular complexity index is 443. The number of aromatic nitrogens is 2. The molecule has 0 saturated carbocycles. The number of nitrogens with one attached hydrogen (secondary N) is 1. The van der Waals surface area contributed by atoms with Crippen LogP contribution in [-0.4, -0.2) is 40.4 Å². The van der Waals surface area contributed by atoms with Crippen LogP contribution in [0.2, 0.25) is 0 Å². The van der Waals surface area contributed by atoms with Crippen molar-refractivity contribution in [3.8, 4) is 0 Å². The minimum Gasteiger partial charge on any atom is -0.383 e. The third kappa shape index (κ3) is 3.33. The Hall–Kier alpha value is -1.85. The number of nitrogens with two attached hydrogens (primary N) is 1. The van der Waals surface area contributed by atoms with E-state index in [1.807, 2.05) is 11.8 Å². The fourth-order valence-corrected chi connectivity index (χ4v) is 2.34. The Morgan fingerprint density at radius 3 is 2.84 bits per heavy atom. The lowest BCUT2D eigenvalue weighted by molar-refractivity contribution is -0.129. The topological polar surface area (TPSA) is 84.1 Å². The zero-order valence-electron chi connectivity index (χ0n) is 11.4. The summed E-state index contributed by atoms with van der Waals surface area (Å²) in [4.78, 5) is 22.0. The molecule has 1 aromatic heterocycles. The summed E-state index contributed by atoms with van der Waals surface area (Å²) >= 11 is 0. The molecular weight excluding hydrogens is 242 g/mol. The summed E-state index contributed by atoms with van der Waals surface area (Å²) in [6.07, 6.45) is 4.96. The molecule has 2 rings (SSSR count). The Morgan fingerprint density at radius 2 is 2.16 bits per heavy atom. The maximum Gasteiger partial charge on any atom is 0.224 e. The number of carbonyl (C=O) groups excluding carboxylic acids is 1. The molecule has 0 aliphatic carbocycles. The average molecular weight is 263 g/mol. The van der Waals surface area contributed by atoms with Crippen LogP contribution in [0.4, 0.5) is 11.6 Å². The van der Waals surface area contributed by atoms with Gasteiger partial charge in [0.1, 0.15) is 18.0 Å². The first-order chi connectivity index (χ1) is 9.22. The van der Waals surface area contributed by atoms with Crippen molar-refractivity contribution in [1.29, 1.82) is 0 Å². The summed E-state index contributed by atoms with van der Waals surface area (Å²) in [6, 6.07) is 0. The second kappa shape index (κ2) is 6.36. The SMILES string of the molecule is CCc1c(N)ncnc1NCCC(=O)N1CCCC1. The van der Waals surface area contributed by atoms with Gasteiger partial charge in [0.05, 0.1) is 0 Å². The summed E-state index contributed by atoms with van der Waals surface area (Å²) in [7, 11) is 0. The number of carbonyl (C=O) groups is 1. The summed E-state index contributed by atoms with van der Waals surface area (Å²) < 4.78 is 0. The quantitative estimate of drug-likeness (QED) is 0.829. The van der Waals surface area contributed by atoms with E-state index in [0.29, 0.717) is 18.8 Å². The number of nitrogens with zero attached hydrogens (tertiary/aromatic N) is 3. The molecule has 0 aromatic carbocycles. The van der Waals surface area contributed by atoms with Gasteiger partial charge in [-0.25, -0.2) is 9.97 Å². The van der Waals surface area contributed by atoms with E-state index in [0.717, 1.165) is 43.7 Å². The molecule has 0 spiro atoms. The van der Waals surface area contributed by atoms with Gasteiger partial charge in [-0.05, 0) is 19.3 Å². The van der Waals surface area contributed by atoms with Gasteiger partial charge in [0.2, 0.25) is 5.91 Å². The first-order valence-corrected chi connectivity index (χ1v) is 6.83. The zero-order chi connectivity index (χ0) is 13.7. The normalized spacial score (nSPS) is 14.7. The molecule has 1 aromatic rings. The van der Waals surface area contributed by atoms with E-state index in [2.05, 4.69) is 15.3 Å². The number of rotatable bonds is 5. The molecule has 1 saturated heterocycles. The molecule has 2 heterocycles. The van der Waals surface area contributed by atoms with Crippen molar-refractivity contribution in [2.24, 2.45) is 0 Å². The lowest BCUT2D eigenvalue weighted by Gasteiger charge is -2.16. The van der Waals surface area contributed by atoms with Gasteiger partial charge in [-0.2, -0.15) is 0 Å². The number of amides is 1. The zero-order valence-corrected chi connectivity index (χ0v) is 11.4. The smallest absolute Gasteiger partial charge is 0.224 e. The van der Waals surface area contributed by atoms with Gasteiger partial charge in [0.25, 0.3) is 0 Å². The van der Waals surface area contributed by atoms with Crippen LogP contribution in [0.5, 0.6) is 0 Å². The highest BCUT2D eigenvalue weighted by Gasteiger charge is 2.17. The molecule has 0 bridgehead atoms. The summed E-state index contributed by atoms with van der Waals surface area (Å²) in [5.74, 6) is 1.46. The minimum absolute atomic E-state index is 0.213. The van der Waals surface area contributed by atoms with Gasteiger partial charge in [0, 0.05) is 31.6 Å². The third-order valence-electron chi connectivity index (χ3n) is 3.42. The molecule has 1 amide bonds. The molecule has 3 N–H and O–H groups in total. The van der Waals surface area contributed by atoms with Crippen LogP contribution < -0.4 is 11.1 Å². The number of hydrogen-bond donors (Lipinski definition) is 2. The summed E-state index contributed by atoms with van der Waals surface area (Å²) in [6.45, 7) is 4.40. The van der Waals surface area contributed by atoms with E-state index >= 15 is 0 Å². The first-order valence-electron chi connectivity index (χ1n) is 6.83. The minimum atomic E-state index is 0.213. The molecule has 0 radical (unpaired) electrons. The Balaban J connectivity index is 1.85. The van der Waals surface area contributed by atoms with Crippen molar-refractivity contribution < 1.29 is 4.79 Å². The van der Waals surface area contributed by atoms with Gasteiger partial charge >= 0.3 is 0 Å². The molecule has 0 atom stereocenters. The van der Waals surface area contributed by atoms with Gasteiger partial charge in [0.15, 0.2) is 0 Å². The van der Waals surface area contributed by atoms with Gasteiger partial charge in [-0.3, -0.25) is 4.79 Å². The van der Waals surface area contributed by atoms with Crippen molar-refractivity contribution in [1.82, 2.24) is 14.9 Å². The highest BCUT2D eigenvalue weighted by molar-refractivity contribution is 5.77. The van der Waals surface area contributed by atoms with Crippen LogP contribution in [0.15, 0.2) is 6.33 Å². The monoisotopic (exact) mass is 263 g/mol. The second-order valence-electron chi connectivity index (χ2n) is 4.70. The third-order valence-corrected chi connectivity index (χ3v) is 3.42. The van der Waals surface area contributed by atoms with Crippen molar-refractivity contribution >= 4 is 17.5 Å². The second-order valence-corrected chi connectivity index (χ2v) is 4.70. The summed E-state index contributed by atoms with van der Waals surface area (Å²) in [5.41, 5.74) is 6.71. The van der Waals surface area contributed by atoms with Crippen LogP contribution in [0.3, 0.4) is 0 Å². The highest BCUT2D eigenvalue weighted by Crippen LogP contribution is 2.17. The number of anilines is 2. The molecule has 1 fully saturated rings. The van der Waals surface area contributed by atoms with Crippen molar-refractivity contribution in [3.63, 3.8) is 0 Å². The van der Waals surface area contributed by atoms with Crippen LogP contribution in [0.25, 0.3) is 0 Å². The fourth-order valence-electron chi connectivity index (χ4n) is 2.34. The predicted octanol–water partition coefficient (Wildman–Crippen LogP) is 1.05. The highest BCUT2D eigenvalue weighted by atomic mass is 16.2. The summed E-state index contributed by atoms with van der Waals surface area (Å²) in [5, 5.41) is 3.18. The molecule has 19 heavy (non-hydrogen) atoms. The molecule has 6 nitrogen and oxygen atoms in total. The van der Waals surface area contributed by atoms with Crippen molar-refractivity contribution in [2.45, 2.75) is 32.6 Å². The first kappa shape index (κ1) is 13.6. The average Bonchev–Trinajstić information content (AvgIpc) is 2.93. The number of likely N-dealkylation sites (tertiary alicyclic amines) is 1. The standard InChI is InChI=1S/C13H21N5O/c1-2-10-12(14)16-9-17-13(10)15-6-5-11(19)18-7-3-4-8-18/h9H,2-8H2,1H3,(H3,14,15,16,17). The van der Waals surface area contributed by atoms with E-state index in [1.165, 1.54) is 6.33 Å². The number of hydrogen-bond acceptors (Lipinski definition) is 5. The lowest BCUT2D eigenvalue weighted by Crippen LogP contribution is -2.29. The maximum absolute atomic E-state index is 11.9. The van der Waals surface area contributed by atoms with E-state index in [-0.39, 0.29) is 5.91 Å². The molecule has 0 unspecified atom stereocenters. The molecule has 1 aliphatic heterocycles. The van der Waals surface area contributed by atoms with E-state index in [4.69, 9.17) is 5.73 Å². The van der Waals surface area contributed by atoms with Gasteiger partial charge in [-0.1, -0.05) is 6.92 Å². The van der Waals surface area contributed by atoms with Crippen LogP contribution >= 0.6 is 0 Å². The molecule has 6 heteroatoms. The van der Waals surface area contributed by atoms with Gasteiger partial charge in [-0.15, -0.1) is 0 Å². The Labute approximate surface area is 113 Å². The molecular formula is C13H21N5O. The van der Waals surface area contributed by atoms with Crippen LogP contribution in [0.1, 0.15) is 31.7 Å². The van der Waals surface area contributed by atoms with Crippen LogP contribution in [0, 0.1) is 0 Å². The van der Waals surface area contributed by atoms with E-state index < -0.39 is 0 Å². The molecule has 1 aliphatic rings. The predicted molar refractivity (Wildman–Crippen MR) is 74.7 cm³/mol. The maximum atomic E-state index is 11.9. The number of nitrogen functional groups attached to an aromatic ring is 1. The Morgan fingerprint density at radius 1 is 1.42 bits per heavy atom.